The summed E-state index contributed by atoms with van der Waals surface area (Å²) >= 11 is 0. The zero-order valence-electron chi connectivity index (χ0n) is 15.6. The van der Waals surface area contributed by atoms with E-state index in [-0.39, 0.29) is 24.9 Å². The number of carbonyl (C=O) groups is 3. The summed E-state index contributed by atoms with van der Waals surface area (Å²) in [4.78, 5) is 41.3. The topological polar surface area (TPSA) is 93.2 Å². The van der Waals surface area contributed by atoms with Gasteiger partial charge in [0, 0.05) is 36.9 Å². The van der Waals surface area contributed by atoms with Crippen molar-refractivity contribution >= 4 is 23.6 Å². The van der Waals surface area contributed by atoms with Crippen molar-refractivity contribution in [1.82, 2.24) is 15.1 Å². The molecule has 2 heterocycles. The number of piperidine rings is 1. The molecular weight excluding hydrogens is 348 g/mol. The third-order valence-electron chi connectivity index (χ3n) is 5.24. The smallest absolute Gasteiger partial charge is 0.324 e. The van der Waals surface area contributed by atoms with Gasteiger partial charge in [-0.05, 0) is 57.2 Å². The predicted molar refractivity (Wildman–Crippen MR) is 101 cm³/mol. The van der Waals surface area contributed by atoms with Crippen LogP contribution >= 0.6 is 0 Å². The van der Waals surface area contributed by atoms with Crippen LogP contribution in [0.3, 0.4) is 0 Å². The van der Waals surface area contributed by atoms with Crippen molar-refractivity contribution in [1.29, 1.82) is 0 Å². The maximum absolute atomic E-state index is 12.8. The molecule has 8 nitrogen and oxygen atoms in total. The highest BCUT2D eigenvalue weighted by Gasteiger charge is 2.35. The molecule has 0 radical (unpaired) electrons. The number of hydrogen-bond donors (Lipinski definition) is 2. The molecule has 0 unspecified atom stereocenters. The van der Waals surface area contributed by atoms with E-state index in [9.17, 15) is 14.4 Å². The molecule has 0 aliphatic carbocycles. The molecule has 1 aromatic carbocycles. The minimum Gasteiger partial charge on any atom is -0.481 e. The van der Waals surface area contributed by atoms with Crippen LogP contribution in [-0.2, 0) is 4.79 Å². The molecule has 0 saturated carbocycles. The first-order valence-corrected chi connectivity index (χ1v) is 9.32. The summed E-state index contributed by atoms with van der Waals surface area (Å²) < 4.78 is 0. The van der Waals surface area contributed by atoms with E-state index in [1.807, 2.05) is 4.90 Å². The fraction of sp³-hybridized carbons (Fsp3) is 0.526. The molecule has 3 amide bonds. The number of likely N-dealkylation sites (tertiary alicyclic amines) is 1. The van der Waals surface area contributed by atoms with E-state index in [1.54, 1.807) is 29.2 Å². The fourth-order valence-electron chi connectivity index (χ4n) is 3.62. The van der Waals surface area contributed by atoms with E-state index in [2.05, 4.69) is 17.3 Å². The number of aliphatic carboxylic acids is 1. The van der Waals surface area contributed by atoms with Gasteiger partial charge in [0.25, 0.3) is 5.91 Å². The summed E-state index contributed by atoms with van der Waals surface area (Å²) in [6, 6.07) is 7.19. The molecule has 2 saturated heterocycles. The van der Waals surface area contributed by atoms with E-state index in [4.69, 9.17) is 5.11 Å². The fourth-order valence-corrected chi connectivity index (χ4v) is 3.62. The third kappa shape index (κ3) is 4.57. The van der Waals surface area contributed by atoms with E-state index >= 15 is 0 Å². The second kappa shape index (κ2) is 8.39. The van der Waals surface area contributed by atoms with Crippen molar-refractivity contribution < 1.29 is 19.5 Å². The normalized spacial score (nSPS) is 18.8. The average Bonchev–Trinajstić information content (AvgIpc) is 3.03. The van der Waals surface area contributed by atoms with Gasteiger partial charge >= 0.3 is 12.0 Å². The molecule has 2 fully saturated rings. The van der Waals surface area contributed by atoms with Gasteiger partial charge in [0.1, 0.15) is 0 Å². The zero-order valence-corrected chi connectivity index (χ0v) is 15.6. The lowest BCUT2D eigenvalue weighted by molar-refractivity contribution is -0.136. The Morgan fingerprint density at radius 2 is 1.78 bits per heavy atom. The maximum atomic E-state index is 12.8. The van der Waals surface area contributed by atoms with Gasteiger partial charge in [-0.1, -0.05) is 0 Å². The first-order valence-electron chi connectivity index (χ1n) is 9.32. The predicted octanol–water partition coefficient (Wildman–Crippen LogP) is 1.23. The number of urea groups is 1. The highest BCUT2D eigenvalue weighted by molar-refractivity contribution is 5.97. The Labute approximate surface area is 158 Å². The second-order valence-corrected chi connectivity index (χ2v) is 7.11. The van der Waals surface area contributed by atoms with Crippen molar-refractivity contribution in [2.45, 2.75) is 25.3 Å². The first-order chi connectivity index (χ1) is 13.0. The lowest BCUT2D eigenvalue weighted by Crippen LogP contribution is -2.45. The van der Waals surface area contributed by atoms with Gasteiger partial charge in [-0.2, -0.15) is 0 Å². The molecule has 0 aromatic heterocycles. The largest absolute Gasteiger partial charge is 0.481 e. The minimum absolute atomic E-state index is 0.0308. The Morgan fingerprint density at radius 1 is 1.11 bits per heavy atom. The number of benzene rings is 1. The van der Waals surface area contributed by atoms with Crippen molar-refractivity contribution in [3.63, 3.8) is 0 Å². The van der Waals surface area contributed by atoms with Gasteiger partial charge in [-0.25, -0.2) is 4.79 Å². The summed E-state index contributed by atoms with van der Waals surface area (Å²) in [5.74, 6) is -1.27. The lowest BCUT2D eigenvalue weighted by Gasteiger charge is -2.34. The van der Waals surface area contributed by atoms with Crippen LogP contribution in [0.5, 0.6) is 0 Å². The van der Waals surface area contributed by atoms with Gasteiger partial charge < -0.3 is 20.2 Å². The summed E-state index contributed by atoms with van der Waals surface area (Å²) in [5.41, 5.74) is 1.22. The number of nitrogens with zero attached hydrogens (tertiary/aromatic N) is 3. The molecule has 27 heavy (non-hydrogen) atoms. The van der Waals surface area contributed by atoms with Gasteiger partial charge in [0.05, 0.1) is 6.42 Å². The Balaban J connectivity index is 1.58. The van der Waals surface area contributed by atoms with Crippen LogP contribution in [0.1, 0.15) is 29.6 Å². The third-order valence-corrected chi connectivity index (χ3v) is 5.24. The van der Waals surface area contributed by atoms with Crippen LogP contribution in [0.15, 0.2) is 24.3 Å². The number of nitrogens with one attached hydrogen (secondary N) is 1. The molecule has 8 heteroatoms. The number of amides is 3. The van der Waals surface area contributed by atoms with Crippen LogP contribution < -0.4 is 10.2 Å². The molecule has 2 N–H and O–H groups in total. The molecule has 0 atom stereocenters. The number of hydrogen-bond acceptors (Lipinski definition) is 4. The Bertz CT molecular complexity index is 698. The summed E-state index contributed by atoms with van der Waals surface area (Å²) in [6.07, 6.45) is 1.90. The van der Waals surface area contributed by atoms with Crippen molar-refractivity contribution in [2.75, 3.05) is 44.7 Å². The number of anilines is 1. The Morgan fingerprint density at radius 3 is 2.41 bits per heavy atom. The van der Waals surface area contributed by atoms with E-state index in [0.29, 0.717) is 18.2 Å². The van der Waals surface area contributed by atoms with Crippen LogP contribution in [0, 0.1) is 0 Å². The zero-order chi connectivity index (χ0) is 19.4. The highest BCUT2D eigenvalue weighted by Crippen LogP contribution is 2.25. The van der Waals surface area contributed by atoms with E-state index in [1.165, 1.54) is 0 Å². The molecule has 2 aliphatic rings. The SMILES string of the molecule is CN1CCC(N2CCN(c3ccc(C(=O)NCCC(=O)O)cc3)C2=O)CC1. The van der Waals surface area contributed by atoms with Crippen molar-refractivity contribution in [2.24, 2.45) is 0 Å². The molecule has 146 valence electrons. The number of carbonyl (C=O) groups excluding carboxylic acids is 2. The number of carboxylic acids is 1. The molecule has 3 rings (SSSR count). The van der Waals surface area contributed by atoms with Crippen LogP contribution in [0.4, 0.5) is 10.5 Å². The second-order valence-electron chi connectivity index (χ2n) is 7.11. The van der Waals surface area contributed by atoms with E-state index in [0.717, 1.165) is 38.2 Å². The highest BCUT2D eigenvalue weighted by atomic mass is 16.4. The molecule has 0 bridgehead atoms. The first kappa shape index (κ1) is 19.2. The van der Waals surface area contributed by atoms with Crippen LogP contribution in [0.25, 0.3) is 0 Å². The molecular formula is C19H26N4O4. The van der Waals surface area contributed by atoms with Crippen LogP contribution in [0.2, 0.25) is 0 Å². The van der Waals surface area contributed by atoms with Gasteiger partial charge in [0.15, 0.2) is 0 Å². The number of carboxylic acid groups (broad SMARTS) is 1. The van der Waals surface area contributed by atoms with Gasteiger partial charge in [0.2, 0.25) is 0 Å². The summed E-state index contributed by atoms with van der Waals surface area (Å²) in [7, 11) is 2.10. The molecule has 1 aromatic rings. The van der Waals surface area contributed by atoms with Gasteiger partial charge in [-0.3, -0.25) is 14.5 Å². The summed E-state index contributed by atoms with van der Waals surface area (Å²) in [5, 5.41) is 11.2. The molecule has 2 aliphatic heterocycles. The van der Waals surface area contributed by atoms with Gasteiger partial charge in [-0.15, -0.1) is 0 Å². The van der Waals surface area contributed by atoms with Crippen LogP contribution in [-0.4, -0.2) is 78.6 Å². The molecule has 0 spiro atoms. The maximum Gasteiger partial charge on any atom is 0.324 e. The van der Waals surface area contributed by atoms with Crippen molar-refractivity contribution in [3.8, 4) is 0 Å². The minimum atomic E-state index is -0.952. The Kier molecular flexibility index (Phi) is 5.95. The van der Waals surface area contributed by atoms with Crippen molar-refractivity contribution in [3.05, 3.63) is 29.8 Å². The Hall–Kier alpha value is -2.61. The standard InChI is InChI=1S/C19H26N4O4/c1-21-10-7-16(8-11-21)23-13-12-22(19(23)27)15-4-2-14(3-5-15)18(26)20-9-6-17(24)25/h2-5,16H,6-13H2,1H3,(H,20,26)(H,24,25). The monoisotopic (exact) mass is 374 g/mol. The quantitative estimate of drug-likeness (QED) is 0.781. The number of rotatable bonds is 6. The lowest BCUT2D eigenvalue weighted by atomic mass is 10.0. The summed E-state index contributed by atoms with van der Waals surface area (Å²) in [6.45, 7) is 3.49. The van der Waals surface area contributed by atoms with E-state index < -0.39 is 5.97 Å². The average molecular weight is 374 g/mol.